The molecule has 4 nitrogen and oxygen atoms in total. The molecule has 0 aliphatic carbocycles. The Hall–Kier alpha value is -3.23. The van der Waals surface area contributed by atoms with Crippen LogP contribution in [0.3, 0.4) is 0 Å². The third-order valence-electron chi connectivity index (χ3n) is 3.70. The molecular weight excluding hydrogens is 342 g/mol. The fourth-order valence-electron chi connectivity index (χ4n) is 2.41. The number of rotatable bonds is 6. The first kappa shape index (κ1) is 17.6. The van der Waals surface area contributed by atoms with Crippen LogP contribution in [0.4, 0.5) is 0 Å². The fraction of sp³-hybridized carbons (Fsp3) is 0.0952. The van der Waals surface area contributed by atoms with Gasteiger partial charge in [-0.1, -0.05) is 60.7 Å². The highest BCUT2D eigenvalue weighted by atomic mass is 32.1. The molecule has 2 aromatic carbocycles. The Bertz CT molecular complexity index is 940. The fourth-order valence-corrected chi connectivity index (χ4v) is 3.24. The monoisotopic (exact) mass is 359 g/mol. The molecule has 0 aliphatic heterocycles. The molecule has 128 valence electrons. The summed E-state index contributed by atoms with van der Waals surface area (Å²) in [6.45, 7) is 0.304. The highest BCUT2D eigenvalue weighted by Gasteiger charge is 2.10. The first-order chi connectivity index (χ1) is 12.7. The summed E-state index contributed by atoms with van der Waals surface area (Å²) in [7, 11) is 0. The Morgan fingerprint density at radius 2 is 1.81 bits per heavy atom. The van der Waals surface area contributed by atoms with E-state index in [2.05, 4.69) is 22.4 Å². The molecule has 0 bridgehead atoms. The zero-order valence-corrected chi connectivity index (χ0v) is 14.9. The third kappa shape index (κ3) is 4.88. The predicted octanol–water partition coefficient (Wildman–Crippen LogP) is 3.96. The molecule has 1 amide bonds. The molecule has 3 rings (SSSR count). The Morgan fingerprint density at radius 3 is 2.50 bits per heavy atom. The molecule has 0 saturated heterocycles. The van der Waals surface area contributed by atoms with Gasteiger partial charge in [0.05, 0.1) is 17.2 Å². The number of carbonyl (C=O) groups is 1. The Kier molecular flexibility index (Phi) is 5.92. The van der Waals surface area contributed by atoms with Gasteiger partial charge < -0.3 is 5.32 Å². The summed E-state index contributed by atoms with van der Waals surface area (Å²) in [6.07, 6.45) is 2.36. The second-order valence-corrected chi connectivity index (χ2v) is 6.60. The lowest BCUT2D eigenvalue weighted by atomic mass is 10.1. The molecule has 26 heavy (non-hydrogen) atoms. The third-order valence-corrected chi connectivity index (χ3v) is 4.60. The molecule has 0 spiro atoms. The number of nitrogens with one attached hydrogen (secondary N) is 1. The van der Waals surface area contributed by atoms with Gasteiger partial charge in [0.25, 0.3) is 5.91 Å². The number of thiazole rings is 1. The van der Waals surface area contributed by atoms with Gasteiger partial charge in [0, 0.05) is 11.8 Å². The summed E-state index contributed by atoms with van der Waals surface area (Å²) >= 11 is 1.57. The van der Waals surface area contributed by atoms with Crippen LogP contribution in [0.1, 0.15) is 21.8 Å². The van der Waals surface area contributed by atoms with Crippen molar-refractivity contribution in [2.24, 2.45) is 0 Å². The summed E-state index contributed by atoms with van der Waals surface area (Å²) < 4.78 is 0. The van der Waals surface area contributed by atoms with Gasteiger partial charge in [0.15, 0.2) is 0 Å². The van der Waals surface area contributed by atoms with Gasteiger partial charge >= 0.3 is 0 Å². The van der Waals surface area contributed by atoms with Gasteiger partial charge in [0.2, 0.25) is 0 Å². The lowest BCUT2D eigenvalue weighted by Crippen LogP contribution is -2.24. The van der Waals surface area contributed by atoms with Crippen LogP contribution in [0.25, 0.3) is 6.08 Å². The normalized spacial score (nSPS) is 11.0. The zero-order chi connectivity index (χ0) is 18.2. The van der Waals surface area contributed by atoms with Crippen LogP contribution < -0.4 is 5.32 Å². The van der Waals surface area contributed by atoms with E-state index in [9.17, 15) is 10.1 Å². The quantitative estimate of drug-likeness (QED) is 0.535. The minimum Gasteiger partial charge on any atom is -0.346 e. The standard InChI is InChI=1S/C21H17N3OS/c22-13-18(11-16-7-3-1-4-8-16)21(25)23-14-19-15-26-20(24-19)12-17-9-5-2-6-10-17/h1-11,15H,12,14H2,(H,23,25)/b18-11+. The highest BCUT2D eigenvalue weighted by Crippen LogP contribution is 2.15. The minimum atomic E-state index is -0.394. The number of nitriles is 1. The topological polar surface area (TPSA) is 65.8 Å². The minimum absolute atomic E-state index is 0.0796. The number of carbonyl (C=O) groups excluding carboxylic acids is 1. The van der Waals surface area contributed by atoms with Crippen molar-refractivity contribution in [2.45, 2.75) is 13.0 Å². The van der Waals surface area contributed by atoms with Gasteiger partial charge in [-0.05, 0) is 17.2 Å². The van der Waals surface area contributed by atoms with Crippen molar-refractivity contribution in [1.82, 2.24) is 10.3 Å². The Labute approximate surface area is 156 Å². The number of aromatic nitrogens is 1. The molecule has 1 N–H and O–H groups in total. The summed E-state index contributed by atoms with van der Waals surface area (Å²) in [5.41, 5.74) is 2.90. The molecule has 1 aromatic heterocycles. The van der Waals surface area contributed by atoms with Crippen molar-refractivity contribution in [3.63, 3.8) is 0 Å². The van der Waals surface area contributed by atoms with E-state index in [1.54, 1.807) is 17.4 Å². The van der Waals surface area contributed by atoms with Gasteiger partial charge in [-0.3, -0.25) is 4.79 Å². The zero-order valence-electron chi connectivity index (χ0n) is 14.1. The molecule has 3 aromatic rings. The first-order valence-electron chi connectivity index (χ1n) is 8.17. The molecule has 0 atom stereocenters. The van der Waals surface area contributed by atoms with E-state index < -0.39 is 5.91 Å². The lowest BCUT2D eigenvalue weighted by Gasteiger charge is -2.02. The summed E-state index contributed by atoms with van der Waals surface area (Å²) in [5, 5.41) is 14.9. The molecule has 1 heterocycles. The Morgan fingerprint density at radius 1 is 1.12 bits per heavy atom. The van der Waals surface area contributed by atoms with E-state index in [1.807, 2.05) is 60.0 Å². The van der Waals surface area contributed by atoms with Gasteiger partial charge in [0.1, 0.15) is 11.6 Å². The van der Waals surface area contributed by atoms with Gasteiger partial charge in [-0.15, -0.1) is 11.3 Å². The molecular formula is C21H17N3OS. The second kappa shape index (κ2) is 8.75. The van der Waals surface area contributed by atoms with Crippen molar-refractivity contribution < 1.29 is 4.79 Å². The summed E-state index contributed by atoms with van der Waals surface area (Å²) in [5.74, 6) is -0.394. The number of benzene rings is 2. The summed E-state index contributed by atoms with van der Waals surface area (Å²) in [4.78, 5) is 16.8. The molecule has 0 saturated carbocycles. The van der Waals surface area contributed by atoms with Crippen molar-refractivity contribution >= 4 is 23.3 Å². The lowest BCUT2D eigenvalue weighted by molar-refractivity contribution is -0.117. The van der Waals surface area contributed by atoms with Gasteiger partial charge in [-0.2, -0.15) is 5.26 Å². The molecule has 0 unspecified atom stereocenters. The van der Waals surface area contributed by atoms with E-state index in [-0.39, 0.29) is 5.57 Å². The maximum absolute atomic E-state index is 12.2. The highest BCUT2D eigenvalue weighted by molar-refractivity contribution is 7.09. The maximum Gasteiger partial charge on any atom is 0.262 e. The SMILES string of the molecule is N#C/C(=C\c1ccccc1)C(=O)NCc1csc(Cc2ccccc2)n1. The van der Waals surface area contributed by atoms with Gasteiger partial charge in [-0.25, -0.2) is 4.98 Å². The predicted molar refractivity (Wildman–Crippen MR) is 103 cm³/mol. The van der Waals surface area contributed by atoms with E-state index >= 15 is 0 Å². The van der Waals surface area contributed by atoms with Crippen LogP contribution in [0.5, 0.6) is 0 Å². The maximum atomic E-state index is 12.2. The number of hydrogen-bond acceptors (Lipinski definition) is 4. The van der Waals surface area contributed by atoms with E-state index in [1.165, 1.54) is 5.56 Å². The van der Waals surface area contributed by atoms with E-state index in [0.29, 0.717) is 6.54 Å². The van der Waals surface area contributed by atoms with E-state index in [4.69, 9.17) is 0 Å². The average molecular weight is 359 g/mol. The first-order valence-corrected chi connectivity index (χ1v) is 9.05. The second-order valence-electron chi connectivity index (χ2n) is 5.66. The largest absolute Gasteiger partial charge is 0.346 e. The average Bonchev–Trinajstić information content (AvgIpc) is 3.13. The summed E-state index contributed by atoms with van der Waals surface area (Å²) in [6, 6.07) is 21.4. The number of amides is 1. The van der Waals surface area contributed by atoms with Crippen molar-refractivity contribution in [3.8, 4) is 6.07 Å². The molecule has 0 radical (unpaired) electrons. The van der Waals surface area contributed by atoms with Crippen LogP contribution in [0.15, 0.2) is 71.6 Å². The van der Waals surface area contributed by atoms with Crippen LogP contribution in [-0.2, 0) is 17.8 Å². The number of nitrogens with zero attached hydrogens (tertiary/aromatic N) is 2. The van der Waals surface area contributed by atoms with Crippen LogP contribution in [-0.4, -0.2) is 10.9 Å². The molecule has 0 fully saturated rings. The number of hydrogen-bond donors (Lipinski definition) is 1. The molecule has 0 aliphatic rings. The van der Waals surface area contributed by atoms with Crippen molar-refractivity contribution in [2.75, 3.05) is 0 Å². The van der Waals surface area contributed by atoms with Crippen LogP contribution in [0, 0.1) is 11.3 Å². The van der Waals surface area contributed by atoms with E-state index in [0.717, 1.165) is 22.7 Å². The smallest absolute Gasteiger partial charge is 0.262 e. The molecule has 5 heteroatoms. The van der Waals surface area contributed by atoms with Crippen molar-refractivity contribution in [1.29, 1.82) is 5.26 Å². The van der Waals surface area contributed by atoms with Crippen molar-refractivity contribution in [3.05, 3.63) is 93.4 Å². The van der Waals surface area contributed by atoms with Crippen LogP contribution >= 0.6 is 11.3 Å². The Balaban J connectivity index is 1.59. The van der Waals surface area contributed by atoms with Crippen LogP contribution in [0.2, 0.25) is 0 Å².